The highest BCUT2D eigenvalue weighted by Crippen LogP contribution is 2.37. The van der Waals surface area contributed by atoms with Crippen molar-refractivity contribution in [2.24, 2.45) is 11.3 Å². The van der Waals surface area contributed by atoms with Gasteiger partial charge in [-0.15, -0.1) is 0 Å². The molecule has 0 aromatic heterocycles. The van der Waals surface area contributed by atoms with Crippen molar-refractivity contribution < 1.29 is 19.0 Å². The van der Waals surface area contributed by atoms with Gasteiger partial charge in [-0.2, -0.15) is 0 Å². The smallest absolute Gasteiger partial charge is 0.305 e. The third-order valence-corrected chi connectivity index (χ3v) is 3.85. The van der Waals surface area contributed by atoms with Crippen LogP contribution in [0.5, 0.6) is 0 Å². The summed E-state index contributed by atoms with van der Waals surface area (Å²) in [6.07, 6.45) is 1.54. The maximum atomic E-state index is 11.4. The molecular formula is C18H34O4. The molecule has 1 fully saturated rings. The van der Waals surface area contributed by atoms with Crippen LogP contribution in [-0.4, -0.2) is 32.1 Å². The van der Waals surface area contributed by atoms with Crippen molar-refractivity contribution in [1.29, 1.82) is 0 Å². The standard InChI is InChI=1S/C16H28O4.C2H6/c1-12(2)13(3)9-16(8-7-14(17)18-6)19-10-15(4,5)11-20-16;1-2/h13H,1,7-11H2,2-6H3;1-2H3/t13-;/m1./s1. The molecule has 0 bridgehead atoms. The monoisotopic (exact) mass is 314 g/mol. The Morgan fingerprint density at radius 2 is 1.77 bits per heavy atom. The summed E-state index contributed by atoms with van der Waals surface area (Å²) in [7, 11) is 1.40. The van der Waals surface area contributed by atoms with Crippen molar-refractivity contribution >= 4 is 5.97 Å². The average Bonchev–Trinajstić information content (AvgIpc) is 2.49. The van der Waals surface area contributed by atoms with Crippen molar-refractivity contribution in [3.63, 3.8) is 0 Å². The minimum atomic E-state index is -0.692. The Labute approximate surface area is 136 Å². The highest BCUT2D eigenvalue weighted by molar-refractivity contribution is 5.69. The minimum absolute atomic E-state index is 0.0151. The zero-order valence-electron chi connectivity index (χ0n) is 15.5. The molecule has 1 atom stereocenters. The van der Waals surface area contributed by atoms with E-state index in [9.17, 15) is 4.79 Å². The summed E-state index contributed by atoms with van der Waals surface area (Å²) >= 11 is 0. The van der Waals surface area contributed by atoms with E-state index in [-0.39, 0.29) is 17.3 Å². The number of carbonyl (C=O) groups excluding carboxylic acids is 1. The second kappa shape index (κ2) is 9.31. The third kappa shape index (κ3) is 6.93. The van der Waals surface area contributed by atoms with Crippen LogP contribution < -0.4 is 0 Å². The lowest BCUT2D eigenvalue weighted by atomic mass is 9.89. The molecule has 0 N–H and O–H groups in total. The molecule has 130 valence electrons. The molecule has 1 aliphatic heterocycles. The molecular weight excluding hydrogens is 280 g/mol. The van der Waals surface area contributed by atoms with Crippen LogP contribution in [0.1, 0.15) is 60.8 Å². The molecule has 4 heteroatoms. The molecule has 4 nitrogen and oxygen atoms in total. The van der Waals surface area contributed by atoms with Gasteiger partial charge in [0.05, 0.1) is 26.7 Å². The van der Waals surface area contributed by atoms with E-state index in [0.717, 1.165) is 12.0 Å². The van der Waals surface area contributed by atoms with Gasteiger partial charge in [-0.05, 0) is 12.8 Å². The number of rotatable bonds is 6. The number of ether oxygens (including phenoxy) is 3. The van der Waals surface area contributed by atoms with E-state index in [2.05, 4.69) is 27.4 Å². The second-order valence-electron chi connectivity index (χ2n) is 6.68. The lowest BCUT2D eigenvalue weighted by Gasteiger charge is -2.44. The fourth-order valence-electron chi connectivity index (χ4n) is 2.14. The number of esters is 1. The Hall–Kier alpha value is -0.870. The molecule has 0 aromatic carbocycles. The molecule has 22 heavy (non-hydrogen) atoms. The summed E-state index contributed by atoms with van der Waals surface area (Å²) in [5.41, 5.74) is 1.11. The topological polar surface area (TPSA) is 44.8 Å². The first kappa shape index (κ1) is 21.1. The molecule has 1 rings (SSSR count). The van der Waals surface area contributed by atoms with Crippen LogP contribution in [-0.2, 0) is 19.0 Å². The fraction of sp³-hybridized carbons (Fsp3) is 0.833. The third-order valence-electron chi connectivity index (χ3n) is 3.85. The van der Waals surface area contributed by atoms with E-state index < -0.39 is 5.79 Å². The molecule has 0 amide bonds. The van der Waals surface area contributed by atoms with Crippen molar-refractivity contribution in [3.8, 4) is 0 Å². The predicted molar refractivity (Wildman–Crippen MR) is 89.6 cm³/mol. The Morgan fingerprint density at radius 1 is 1.27 bits per heavy atom. The quantitative estimate of drug-likeness (QED) is 0.540. The second-order valence-corrected chi connectivity index (χ2v) is 6.68. The Morgan fingerprint density at radius 3 is 2.18 bits per heavy atom. The number of hydrogen-bond donors (Lipinski definition) is 0. The van der Waals surface area contributed by atoms with Crippen LogP contribution in [0.25, 0.3) is 0 Å². The zero-order valence-corrected chi connectivity index (χ0v) is 15.5. The number of carbonyl (C=O) groups is 1. The van der Waals surface area contributed by atoms with Gasteiger partial charge in [-0.25, -0.2) is 0 Å². The number of allylic oxidation sites excluding steroid dienone is 1. The molecule has 0 aromatic rings. The van der Waals surface area contributed by atoms with Crippen molar-refractivity contribution in [2.75, 3.05) is 20.3 Å². The van der Waals surface area contributed by atoms with Crippen molar-refractivity contribution in [3.05, 3.63) is 12.2 Å². The lowest BCUT2D eigenvalue weighted by molar-refractivity contribution is -0.307. The van der Waals surface area contributed by atoms with Crippen LogP contribution in [0.15, 0.2) is 12.2 Å². The summed E-state index contributed by atoms with van der Waals surface area (Å²) in [6, 6.07) is 0. The van der Waals surface area contributed by atoms with Gasteiger partial charge in [0.15, 0.2) is 5.79 Å². The van der Waals surface area contributed by atoms with E-state index in [4.69, 9.17) is 14.2 Å². The number of hydrogen-bond acceptors (Lipinski definition) is 4. The fourth-order valence-corrected chi connectivity index (χ4v) is 2.14. The average molecular weight is 314 g/mol. The summed E-state index contributed by atoms with van der Waals surface area (Å²) in [5.74, 6) is -0.638. The van der Waals surface area contributed by atoms with Gasteiger partial charge < -0.3 is 14.2 Å². The maximum Gasteiger partial charge on any atom is 0.305 e. The maximum absolute atomic E-state index is 11.4. The van der Waals surface area contributed by atoms with Gasteiger partial charge in [-0.3, -0.25) is 4.79 Å². The van der Waals surface area contributed by atoms with E-state index >= 15 is 0 Å². The molecule has 0 saturated carbocycles. The summed E-state index contributed by atoms with van der Waals surface area (Å²) < 4.78 is 16.8. The van der Waals surface area contributed by atoms with Crippen molar-refractivity contribution in [2.45, 2.75) is 66.6 Å². The number of methoxy groups -OCH3 is 1. The van der Waals surface area contributed by atoms with Crippen LogP contribution in [0, 0.1) is 11.3 Å². The van der Waals surface area contributed by atoms with Gasteiger partial charge in [0.25, 0.3) is 0 Å². The lowest BCUT2D eigenvalue weighted by Crippen LogP contribution is -2.48. The van der Waals surface area contributed by atoms with E-state index in [1.165, 1.54) is 7.11 Å². The summed E-state index contributed by atoms with van der Waals surface area (Å²) in [6.45, 7) is 17.6. The SMILES string of the molecule is C=C(C)[C@H](C)CC1(CCC(=O)OC)OCC(C)(C)CO1.CC. The first-order valence-electron chi connectivity index (χ1n) is 8.20. The van der Waals surface area contributed by atoms with Crippen molar-refractivity contribution in [1.82, 2.24) is 0 Å². The minimum Gasteiger partial charge on any atom is -0.469 e. The van der Waals surface area contributed by atoms with Gasteiger partial charge >= 0.3 is 5.97 Å². The largest absolute Gasteiger partial charge is 0.469 e. The van der Waals surface area contributed by atoms with Crippen LogP contribution in [0.2, 0.25) is 0 Å². The van der Waals surface area contributed by atoms with E-state index in [1.54, 1.807) is 0 Å². The first-order chi connectivity index (χ1) is 10.2. The van der Waals surface area contributed by atoms with Crippen LogP contribution >= 0.6 is 0 Å². The van der Waals surface area contributed by atoms with Gasteiger partial charge in [0.1, 0.15) is 0 Å². The summed E-state index contributed by atoms with van der Waals surface area (Å²) in [4.78, 5) is 11.4. The normalized spacial score (nSPS) is 20.3. The van der Waals surface area contributed by atoms with Crippen LogP contribution in [0.4, 0.5) is 0 Å². The molecule has 0 spiro atoms. The molecule has 1 aliphatic rings. The predicted octanol–water partition coefficient (Wildman–Crippen LogP) is 4.34. The van der Waals surface area contributed by atoms with Gasteiger partial charge in [0, 0.05) is 18.3 Å². The highest BCUT2D eigenvalue weighted by atomic mass is 16.7. The Bertz CT molecular complexity index is 350. The first-order valence-corrected chi connectivity index (χ1v) is 8.20. The van der Waals surface area contributed by atoms with Gasteiger partial charge in [0.2, 0.25) is 0 Å². The molecule has 1 saturated heterocycles. The Balaban J connectivity index is 0.00000211. The van der Waals surface area contributed by atoms with E-state index in [1.807, 2.05) is 20.8 Å². The zero-order chi connectivity index (χ0) is 17.4. The molecule has 0 aliphatic carbocycles. The molecule has 1 heterocycles. The molecule has 0 radical (unpaired) electrons. The highest BCUT2D eigenvalue weighted by Gasteiger charge is 2.41. The molecule has 0 unspecified atom stereocenters. The summed E-state index contributed by atoms with van der Waals surface area (Å²) in [5, 5.41) is 0. The van der Waals surface area contributed by atoms with Crippen LogP contribution in [0.3, 0.4) is 0 Å². The van der Waals surface area contributed by atoms with Gasteiger partial charge in [-0.1, -0.05) is 46.8 Å². The van der Waals surface area contributed by atoms with E-state index in [0.29, 0.717) is 26.1 Å². The Kier molecular flexibility index (Phi) is 8.94.